The minimum Gasteiger partial charge on any atom is -0.350 e. The lowest BCUT2D eigenvalue weighted by Crippen LogP contribution is -2.41. The molecule has 0 heterocycles. The number of anilines is 1. The highest BCUT2D eigenvalue weighted by atomic mass is 35.5. The summed E-state index contributed by atoms with van der Waals surface area (Å²) in [5, 5.41) is 3.33. The monoisotopic (exact) mass is 456 g/mol. The van der Waals surface area contributed by atoms with E-state index in [0.29, 0.717) is 22.8 Å². The number of carbonyl (C=O) groups is 1. The van der Waals surface area contributed by atoms with Crippen LogP contribution in [0, 0.1) is 20.8 Å². The number of nitrogens with one attached hydrogen (secondary N) is 1. The predicted octanol–water partition coefficient (Wildman–Crippen LogP) is 4.78. The summed E-state index contributed by atoms with van der Waals surface area (Å²) in [6, 6.07) is 19.2. The summed E-state index contributed by atoms with van der Waals surface area (Å²) in [4.78, 5) is 12.9. The van der Waals surface area contributed by atoms with Crippen molar-refractivity contribution >= 4 is 33.2 Å². The Morgan fingerprint density at radius 3 is 2.26 bits per heavy atom. The number of aryl methyl sites for hydroxylation is 3. The number of hydrogen-bond donors (Lipinski definition) is 1. The molecule has 5 nitrogen and oxygen atoms in total. The van der Waals surface area contributed by atoms with Crippen LogP contribution < -0.4 is 9.62 Å². The van der Waals surface area contributed by atoms with E-state index in [1.54, 1.807) is 49.4 Å². The molecular formula is C24H25ClN2O3S. The fourth-order valence-corrected chi connectivity index (χ4v) is 4.94. The second kappa shape index (κ2) is 9.54. The quantitative estimate of drug-likeness (QED) is 0.556. The number of sulfonamides is 1. The Bertz CT molecular complexity index is 1190. The standard InChI is InChI=1S/C24H25ClN2O3S/c1-17-8-11-22(12-9-17)31(29,30)27(23-13-10-21(25)14-19(23)3)16-24(28)26-15-20-7-5-4-6-18(20)2/h4-14H,15-16H2,1-3H3,(H,26,28). The molecule has 0 bridgehead atoms. The lowest BCUT2D eigenvalue weighted by molar-refractivity contribution is -0.119. The van der Waals surface area contributed by atoms with E-state index in [0.717, 1.165) is 21.0 Å². The Kier molecular flexibility index (Phi) is 7.03. The van der Waals surface area contributed by atoms with Crippen LogP contribution >= 0.6 is 11.6 Å². The molecule has 0 aliphatic heterocycles. The van der Waals surface area contributed by atoms with Gasteiger partial charge in [-0.25, -0.2) is 8.42 Å². The molecule has 0 unspecified atom stereocenters. The highest BCUT2D eigenvalue weighted by Crippen LogP contribution is 2.29. The second-order valence-electron chi connectivity index (χ2n) is 7.46. The van der Waals surface area contributed by atoms with Gasteiger partial charge in [0.1, 0.15) is 6.54 Å². The van der Waals surface area contributed by atoms with Crippen LogP contribution in [0.5, 0.6) is 0 Å². The van der Waals surface area contributed by atoms with Crippen LogP contribution in [-0.2, 0) is 21.4 Å². The van der Waals surface area contributed by atoms with Gasteiger partial charge in [-0.05, 0) is 67.8 Å². The SMILES string of the molecule is Cc1ccc(S(=O)(=O)N(CC(=O)NCc2ccccc2C)c2ccc(Cl)cc2C)cc1. The third kappa shape index (κ3) is 5.46. The molecule has 162 valence electrons. The molecule has 0 aliphatic rings. The average Bonchev–Trinajstić information content (AvgIpc) is 2.72. The molecule has 0 atom stereocenters. The maximum absolute atomic E-state index is 13.5. The first-order chi connectivity index (χ1) is 14.7. The summed E-state index contributed by atoms with van der Waals surface area (Å²) in [5.41, 5.74) is 4.06. The van der Waals surface area contributed by atoms with Crippen molar-refractivity contribution < 1.29 is 13.2 Å². The molecule has 3 aromatic carbocycles. The molecule has 7 heteroatoms. The third-order valence-electron chi connectivity index (χ3n) is 5.06. The molecule has 0 radical (unpaired) electrons. The smallest absolute Gasteiger partial charge is 0.264 e. The number of benzene rings is 3. The number of rotatable bonds is 7. The summed E-state index contributed by atoms with van der Waals surface area (Å²) >= 11 is 6.06. The van der Waals surface area contributed by atoms with Crippen LogP contribution in [0.4, 0.5) is 5.69 Å². The van der Waals surface area contributed by atoms with E-state index in [9.17, 15) is 13.2 Å². The Morgan fingerprint density at radius 2 is 1.61 bits per heavy atom. The van der Waals surface area contributed by atoms with Crippen LogP contribution in [0.1, 0.15) is 22.3 Å². The molecule has 1 amide bonds. The number of halogens is 1. The van der Waals surface area contributed by atoms with Crippen molar-refractivity contribution in [3.63, 3.8) is 0 Å². The zero-order valence-electron chi connectivity index (χ0n) is 17.7. The van der Waals surface area contributed by atoms with Crippen molar-refractivity contribution in [1.82, 2.24) is 5.32 Å². The van der Waals surface area contributed by atoms with Crippen molar-refractivity contribution in [3.05, 3.63) is 94.0 Å². The Hall–Kier alpha value is -2.83. The van der Waals surface area contributed by atoms with Gasteiger partial charge in [0.15, 0.2) is 0 Å². The lowest BCUT2D eigenvalue weighted by Gasteiger charge is -2.26. The van der Waals surface area contributed by atoms with E-state index < -0.39 is 15.9 Å². The van der Waals surface area contributed by atoms with Crippen molar-refractivity contribution in [3.8, 4) is 0 Å². The lowest BCUT2D eigenvalue weighted by atomic mass is 10.1. The minimum atomic E-state index is -3.96. The molecule has 31 heavy (non-hydrogen) atoms. The Balaban J connectivity index is 1.91. The van der Waals surface area contributed by atoms with Crippen LogP contribution in [-0.4, -0.2) is 20.9 Å². The predicted molar refractivity (Wildman–Crippen MR) is 125 cm³/mol. The van der Waals surface area contributed by atoms with Gasteiger partial charge in [0.25, 0.3) is 10.0 Å². The van der Waals surface area contributed by atoms with E-state index in [2.05, 4.69) is 5.32 Å². The molecule has 0 saturated heterocycles. The van der Waals surface area contributed by atoms with E-state index in [1.807, 2.05) is 38.1 Å². The third-order valence-corrected chi connectivity index (χ3v) is 7.07. The maximum atomic E-state index is 13.5. The Morgan fingerprint density at radius 1 is 0.935 bits per heavy atom. The van der Waals surface area contributed by atoms with Gasteiger partial charge in [0.05, 0.1) is 10.6 Å². The highest BCUT2D eigenvalue weighted by molar-refractivity contribution is 7.92. The number of nitrogens with zero attached hydrogens (tertiary/aromatic N) is 1. The van der Waals surface area contributed by atoms with Crippen LogP contribution in [0.2, 0.25) is 5.02 Å². The van der Waals surface area contributed by atoms with Gasteiger partial charge in [0.2, 0.25) is 5.91 Å². The van der Waals surface area contributed by atoms with Crippen molar-refractivity contribution in [2.45, 2.75) is 32.2 Å². The topological polar surface area (TPSA) is 66.5 Å². The number of amides is 1. The van der Waals surface area contributed by atoms with E-state index >= 15 is 0 Å². The van der Waals surface area contributed by atoms with Crippen LogP contribution in [0.15, 0.2) is 71.6 Å². The summed E-state index contributed by atoms with van der Waals surface area (Å²) < 4.78 is 28.1. The van der Waals surface area contributed by atoms with Gasteiger partial charge in [-0.1, -0.05) is 53.6 Å². The van der Waals surface area contributed by atoms with E-state index in [4.69, 9.17) is 11.6 Å². The first-order valence-electron chi connectivity index (χ1n) is 9.85. The molecule has 0 fully saturated rings. The molecule has 0 aliphatic carbocycles. The number of hydrogen-bond acceptors (Lipinski definition) is 3. The molecule has 0 spiro atoms. The highest BCUT2D eigenvalue weighted by Gasteiger charge is 2.28. The van der Waals surface area contributed by atoms with Gasteiger partial charge in [-0.2, -0.15) is 0 Å². The fraction of sp³-hybridized carbons (Fsp3) is 0.208. The zero-order valence-corrected chi connectivity index (χ0v) is 19.3. The van der Waals surface area contributed by atoms with Crippen molar-refractivity contribution in [1.29, 1.82) is 0 Å². The molecular weight excluding hydrogens is 432 g/mol. The van der Waals surface area contributed by atoms with Gasteiger partial charge in [-0.15, -0.1) is 0 Å². The van der Waals surface area contributed by atoms with Gasteiger partial charge < -0.3 is 5.32 Å². The molecule has 0 saturated carbocycles. The summed E-state index contributed by atoms with van der Waals surface area (Å²) in [6.07, 6.45) is 0. The largest absolute Gasteiger partial charge is 0.350 e. The first kappa shape index (κ1) is 22.8. The zero-order chi connectivity index (χ0) is 22.6. The fourth-order valence-electron chi connectivity index (χ4n) is 3.22. The van der Waals surface area contributed by atoms with E-state index in [1.165, 1.54) is 0 Å². The maximum Gasteiger partial charge on any atom is 0.264 e. The minimum absolute atomic E-state index is 0.124. The average molecular weight is 457 g/mol. The van der Waals surface area contributed by atoms with Crippen molar-refractivity contribution in [2.24, 2.45) is 0 Å². The van der Waals surface area contributed by atoms with Crippen molar-refractivity contribution in [2.75, 3.05) is 10.8 Å². The first-order valence-corrected chi connectivity index (χ1v) is 11.7. The van der Waals surface area contributed by atoms with Crippen LogP contribution in [0.3, 0.4) is 0 Å². The summed E-state index contributed by atoms with van der Waals surface area (Å²) in [7, 11) is -3.96. The van der Waals surface area contributed by atoms with Gasteiger partial charge >= 0.3 is 0 Å². The number of carbonyl (C=O) groups excluding carboxylic acids is 1. The Labute approximate surface area is 188 Å². The van der Waals surface area contributed by atoms with Gasteiger partial charge in [-0.3, -0.25) is 9.10 Å². The van der Waals surface area contributed by atoms with Gasteiger partial charge in [0, 0.05) is 11.6 Å². The molecule has 0 aromatic heterocycles. The summed E-state index contributed by atoms with van der Waals surface area (Å²) in [6.45, 7) is 5.60. The molecule has 3 aromatic rings. The van der Waals surface area contributed by atoms with E-state index in [-0.39, 0.29) is 11.4 Å². The summed E-state index contributed by atoms with van der Waals surface area (Å²) in [5.74, 6) is -0.395. The normalized spacial score (nSPS) is 11.2. The second-order valence-corrected chi connectivity index (χ2v) is 9.76. The molecule has 3 rings (SSSR count). The van der Waals surface area contributed by atoms with Crippen LogP contribution in [0.25, 0.3) is 0 Å². The molecule has 1 N–H and O–H groups in total.